The first-order valence-electron chi connectivity index (χ1n) is 7.60. The molecule has 0 saturated carbocycles. The summed E-state index contributed by atoms with van der Waals surface area (Å²) in [7, 11) is 0. The Morgan fingerprint density at radius 3 is 2.44 bits per heavy atom. The highest BCUT2D eigenvalue weighted by Crippen LogP contribution is 2.11. The van der Waals surface area contributed by atoms with Gasteiger partial charge in [-0.2, -0.15) is 5.10 Å². The molecule has 0 saturated heterocycles. The van der Waals surface area contributed by atoms with Gasteiger partial charge in [-0.05, 0) is 48.9 Å². The monoisotopic (exact) mass is 341 g/mol. The van der Waals surface area contributed by atoms with Crippen molar-refractivity contribution >= 4 is 18.0 Å². The lowest BCUT2D eigenvalue weighted by Gasteiger charge is -2.12. The van der Waals surface area contributed by atoms with Gasteiger partial charge < -0.3 is 15.2 Å². The van der Waals surface area contributed by atoms with Gasteiger partial charge >= 0.3 is 0 Å². The molecule has 0 aliphatic carbocycles. The molecule has 0 spiro atoms. The number of carbonyl (C=O) groups is 2. The molecule has 0 heterocycles. The number of nitrogens with two attached hydrogens (primary N) is 1. The minimum absolute atomic E-state index is 0.178. The Hall–Kier alpha value is -3.35. The molecule has 0 bridgehead atoms. The number of nitrogens with zero attached hydrogens (tertiary/aromatic N) is 1. The molecule has 130 valence electrons. The summed E-state index contributed by atoms with van der Waals surface area (Å²) in [5.41, 5.74) is 8.17. The largest absolute Gasteiger partial charge is 0.484 e. The van der Waals surface area contributed by atoms with Crippen molar-refractivity contribution in [1.82, 2.24) is 5.43 Å². The van der Waals surface area contributed by atoms with Crippen LogP contribution in [-0.4, -0.2) is 30.7 Å². The van der Waals surface area contributed by atoms with Crippen LogP contribution in [0.1, 0.15) is 12.5 Å². The molecule has 2 rings (SSSR count). The molecule has 0 radical (unpaired) electrons. The second-order valence-electron chi connectivity index (χ2n) is 5.13. The van der Waals surface area contributed by atoms with E-state index in [9.17, 15) is 9.59 Å². The number of para-hydroxylation sites is 1. The number of primary amides is 1. The van der Waals surface area contributed by atoms with Crippen LogP contribution in [0.2, 0.25) is 0 Å². The first kappa shape index (κ1) is 18.0. The first-order chi connectivity index (χ1) is 12.0. The third-order valence-electron chi connectivity index (χ3n) is 3.07. The molecule has 0 unspecified atom stereocenters. The van der Waals surface area contributed by atoms with E-state index in [0.29, 0.717) is 11.5 Å². The van der Waals surface area contributed by atoms with E-state index in [1.807, 2.05) is 18.2 Å². The average molecular weight is 341 g/mol. The molecule has 2 aromatic rings. The van der Waals surface area contributed by atoms with Gasteiger partial charge in [-0.3, -0.25) is 9.59 Å². The first-order valence-corrected chi connectivity index (χ1v) is 7.60. The van der Waals surface area contributed by atoms with E-state index in [0.717, 1.165) is 5.56 Å². The minimum Gasteiger partial charge on any atom is -0.484 e. The third-order valence-corrected chi connectivity index (χ3v) is 3.07. The number of ether oxygens (including phenoxy) is 2. The molecular weight excluding hydrogens is 322 g/mol. The summed E-state index contributed by atoms with van der Waals surface area (Å²) in [5.74, 6) is 0.229. The molecule has 25 heavy (non-hydrogen) atoms. The van der Waals surface area contributed by atoms with E-state index in [-0.39, 0.29) is 12.5 Å². The maximum absolute atomic E-state index is 11.9. The summed E-state index contributed by atoms with van der Waals surface area (Å²) in [5, 5.41) is 3.89. The Kier molecular flexibility index (Phi) is 6.53. The maximum atomic E-state index is 11.9. The fourth-order valence-electron chi connectivity index (χ4n) is 1.82. The van der Waals surface area contributed by atoms with Gasteiger partial charge in [0.15, 0.2) is 12.7 Å². The third kappa shape index (κ3) is 6.34. The summed E-state index contributed by atoms with van der Waals surface area (Å²) in [4.78, 5) is 22.6. The van der Waals surface area contributed by atoms with Crippen molar-refractivity contribution in [3.63, 3.8) is 0 Å². The number of benzene rings is 2. The molecule has 2 amide bonds. The fraction of sp³-hybridized carbons (Fsp3) is 0.167. The van der Waals surface area contributed by atoms with Gasteiger partial charge in [-0.15, -0.1) is 0 Å². The van der Waals surface area contributed by atoms with Crippen molar-refractivity contribution in [3.05, 3.63) is 60.2 Å². The van der Waals surface area contributed by atoms with Crippen molar-refractivity contribution in [2.75, 3.05) is 6.61 Å². The fourth-order valence-corrected chi connectivity index (χ4v) is 1.82. The van der Waals surface area contributed by atoms with Crippen LogP contribution in [-0.2, 0) is 9.59 Å². The second kappa shape index (κ2) is 9.07. The van der Waals surface area contributed by atoms with Crippen LogP contribution in [0.5, 0.6) is 11.5 Å². The van der Waals surface area contributed by atoms with E-state index in [1.165, 1.54) is 6.21 Å². The van der Waals surface area contributed by atoms with Crippen molar-refractivity contribution in [2.24, 2.45) is 10.8 Å². The number of hydrogen-bond acceptors (Lipinski definition) is 5. The normalized spacial score (nSPS) is 11.7. The van der Waals surface area contributed by atoms with Crippen LogP contribution >= 0.6 is 0 Å². The molecule has 7 nitrogen and oxygen atoms in total. The van der Waals surface area contributed by atoms with Gasteiger partial charge in [-0.25, -0.2) is 5.43 Å². The standard InChI is InChI=1S/C18H19N3O4/c1-13(25-16-5-3-2-4-6-16)18(23)21-20-11-14-7-9-15(10-8-14)24-12-17(19)22/h2-11,13H,12H2,1H3,(H2,19,22)(H,21,23)/b20-11+/t13-/m0/s1. The van der Waals surface area contributed by atoms with Crippen LogP contribution in [0.3, 0.4) is 0 Å². The summed E-state index contributed by atoms with van der Waals surface area (Å²) in [6, 6.07) is 15.9. The number of carbonyl (C=O) groups excluding carboxylic acids is 2. The zero-order valence-corrected chi connectivity index (χ0v) is 13.7. The van der Waals surface area contributed by atoms with Crippen LogP contribution in [0.4, 0.5) is 0 Å². The minimum atomic E-state index is -0.677. The summed E-state index contributed by atoms with van der Waals surface area (Å²) in [6.07, 6.45) is 0.814. The molecule has 1 atom stereocenters. The predicted molar refractivity (Wildman–Crippen MR) is 93.4 cm³/mol. The zero-order chi connectivity index (χ0) is 18.1. The molecule has 0 fully saturated rings. The van der Waals surface area contributed by atoms with Gasteiger partial charge in [0.05, 0.1) is 6.21 Å². The Morgan fingerprint density at radius 2 is 1.80 bits per heavy atom. The van der Waals surface area contributed by atoms with E-state index >= 15 is 0 Å². The Bertz CT molecular complexity index is 730. The Balaban J connectivity index is 1.81. The summed E-state index contributed by atoms with van der Waals surface area (Å²) < 4.78 is 10.6. The topological polar surface area (TPSA) is 103 Å². The van der Waals surface area contributed by atoms with Crippen LogP contribution in [0.15, 0.2) is 59.7 Å². The molecule has 2 aromatic carbocycles. The van der Waals surface area contributed by atoms with Crippen LogP contribution < -0.4 is 20.6 Å². The van der Waals surface area contributed by atoms with Crippen LogP contribution in [0.25, 0.3) is 0 Å². The highest BCUT2D eigenvalue weighted by molar-refractivity contribution is 5.84. The molecular formula is C18H19N3O4. The average Bonchev–Trinajstić information content (AvgIpc) is 2.61. The van der Waals surface area contributed by atoms with E-state index in [4.69, 9.17) is 15.2 Å². The molecule has 0 aliphatic heterocycles. The number of rotatable bonds is 8. The zero-order valence-electron chi connectivity index (χ0n) is 13.7. The highest BCUT2D eigenvalue weighted by atomic mass is 16.5. The second-order valence-corrected chi connectivity index (χ2v) is 5.13. The van der Waals surface area contributed by atoms with Crippen molar-refractivity contribution in [3.8, 4) is 11.5 Å². The van der Waals surface area contributed by atoms with Crippen LogP contribution in [0, 0.1) is 0 Å². The predicted octanol–water partition coefficient (Wildman–Crippen LogP) is 1.47. The van der Waals surface area contributed by atoms with E-state index in [1.54, 1.807) is 43.3 Å². The van der Waals surface area contributed by atoms with Crippen molar-refractivity contribution < 1.29 is 19.1 Å². The summed E-state index contributed by atoms with van der Waals surface area (Å²) in [6.45, 7) is 1.46. The SMILES string of the molecule is C[C@H](Oc1ccccc1)C(=O)N/N=C/c1ccc(OCC(N)=O)cc1. The quantitative estimate of drug-likeness (QED) is 0.560. The Morgan fingerprint density at radius 1 is 1.12 bits per heavy atom. The Labute approximate surface area is 145 Å². The number of amides is 2. The lowest BCUT2D eigenvalue weighted by molar-refractivity contribution is -0.127. The van der Waals surface area contributed by atoms with Crippen molar-refractivity contribution in [1.29, 1.82) is 0 Å². The molecule has 3 N–H and O–H groups in total. The van der Waals surface area contributed by atoms with E-state index < -0.39 is 12.0 Å². The van der Waals surface area contributed by atoms with Gasteiger partial charge in [0.2, 0.25) is 0 Å². The maximum Gasteiger partial charge on any atom is 0.280 e. The number of nitrogens with one attached hydrogen (secondary N) is 1. The summed E-state index contributed by atoms with van der Waals surface area (Å²) >= 11 is 0. The van der Waals surface area contributed by atoms with Gasteiger partial charge in [0.1, 0.15) is 11.5 Å². The van der Waals surface area contributed by atoms with Gasteiger partial charge in [0.25, 0.3) is 11.8 Å². The lowest BCUT2D eigenvalue weighted by Crippen LogP contribution is -2.33. The highest BCUT2D eigenvalue weighted by Gasteiger charge is 2.13. The number of hydrazone groups is 1. The smallest absolute Gasteiger partial charge is 0.280 e. The van der Waals surface area contributed by atoms with Crippen molar-refractivity contribution in [2.45, 2.75) is 13.0 Å². The van der Waals surface area contributed by atoms with E-state index in [2.05, 4.69) is 10.5 Å². The van der Waals surface area contributed by atoms with Gasteiger partial charge in [-0.1, -0.05) is 18.2 Å². The van der Waals surface area contributed by atoms with Gasteiger partial charge in [0, 0.05) is 0 Å². The lowest BCUT2D eigenvalue weighted by atomic mass is 10.2. The molecule has 0 aromatic heterocycles. The molecule has 0 aliphatic rings. The molecule has 7 heteroatoms. The number of hydrogen-bond donors (Lipinski definition) is 2.